The molecule has 0 saturated carbocycles. The van der Waals surface area contributed by atoms with Crippen molar-refractivity contribution in [3.63, 3.8) is 0 Å². The molecule has 1 amide bonds. The maximum Gasteiger partial charge on any atom is 0.332 e. The van der Waals surface area contributed by atoms with Crippen LogP contribution in [0.1, 0.15) is 5.56 Å². The van der Waals surface area contributed by atoms with Crippen LogP contribution in [0.2, 0.25) is 0 Å². The fraction of sp³-hybridized carbons (Fsp3) is 0.133. The number of hydrogen-bond acceptors (Lipinski definition) is 5. The molecule has 22 heavy (non-hydrogen) atoms. The number of H-pyrrole nitrogens is 1. The van der Waals surface area contributed by atoms with E-state index in [1.165, 1.54) is 13.2 Å². The lowest BCUT2D eigenvalue weighted by Gasteiger charge is -2.02. The first kappa shape index (κ1) is 15.7. The Morgan fingerprint density at radius 2 is 2.09 bits per heavy atom. The molecule has 2 N–H and O–H groups in total. The van der Waals surface area contributed by atoms with E-state index in [1.807, 2.05) is 25.1 Å². The van der Waals surface area contributed by atoms with Gasteiger partial charge < -0.3 is 15.0 Å². The van der Waals surface area contributed by atoms with Crippen molar-refractivity contribution in [1.82, 2.24) is 4.98 Å². The first-order valence-corrected chi connectivity index (χ1v) is 7.18. The summed E-state index contributed by atoms with van der Waals surface area (Å²) in [5.74, 6) is -0.990. The van der Waals surface area contributed by atoms with E-state index in [0.717, 1.165) is 23.0 Å². The summed E-state index contributed by atoms with van der Waals surface area (Å²) in [6.45, 7) is 1.92. The van der Waals surface area contributed by atoms with Gasteiger partial charge in [0, 0.05) is 17.8 Å². The Morgan fingerprint density at radius 3 is 2.77 bits per heavy atom. The minimum Gasteiger partial charge on any atom is -0.466 e. The SMILES string of the molecule is COC(=O)C=c1sc(=CC(=O)Nc2cccc(C)c2)[nH]c1=O. The van der Waals surface area contributed by atoms with Crippen LogP contribution in [0.15, 0.2) is 29.1 Å². The van der Waals surface area contributed by atoms with E-state index in [4.69, 9.17) is 0 Å². The number of aromatic nitrogens is 1. The molecule has 1 aromatic heterocycles. The first-order chi connectivity index (χ1) is 10.5. The molecule has 0 atom stereocenters. The fourth-order valence-corrected chi connectivity index (χ4v) is 2.56. The molecule has 0 bridgehead atoms. The number of carbonyl (C=O) groups is 2. The van der Waals surface area contributed by atoms with E-state index in [-0.39, 0.29) is 10.4 Å². The van der Waals surface area contributed by atoms with Crippen molar-refractivity contribution < 1.29 is 14.3 Å². The average molecular weight is 318 g/mol. The monoisotopic (exact) mass is 318 g/mol. The predicted molar refractivity (Wildman–Crippen MR) is 84.9 cm³/mol. The summed E-state index contributed by atoms with van der Waals surface area (Å²) in [5, 5.41) is 2.70. The number of aryl methyl sites for hydroxylation is 1. The molecule has 114 valence electrons. The van der Waals surface area contributed by atoms with Crippen molar-refractivity contribution in [1.29, 1.82) is 0 Å². The van der Waals surface area contributed by atoms with Gasteiger partial charge >= 0.3 is 5.97 Å². The lowest BCUT2D eigenvalue weighted by Crippen LogP contribution is -2.21. The lowest BCUT2D eigenvalue weighted by molar-refractivity contribution is -0.133. The molecule has 2 aromatic rings. The van der Waals surface area contributed by atoms with Crippen molar-refractivity contribution in [3.05, 3.63) is 49.4 Å². The number of ether oxygens (including phenoxy) is 1. The molecule has 0 fully saturated rings. The molecule has 1 heterocycles. The summed E-state index contributed by atoms with van der Waals surface area (Å²) in [6, 6.07) is 7.36. The summed E-state index contributed by atoms with van der Waals surface area (Å²) < 4.78 is 4.99. The number of amides is 1. The highest BCUT2D eigenvalue weighted by molar-refractivity contribution is 7.07. The Morgan fingerprint density at radius 1 is 1.32 bits per heavy atom. The van der Waals surface area contributed by atoms with Gasteiger partial charge in [0.2, 0.25) is 0 Å². The molecule has 0 saturated heterocycles. The van der Waals surface area contributed by atoms with Crippen LogP contribution in [0.5, 0.6) is 0 Å². The molecule has 0 aliphatic carbocycles. The van der Waals surface area contributed by atoms with Crippen LogP contribution in [-0.2, 0) is 14.3 Å². The standard InChI is InChI=1S/C15H14N2O4S/c1-9-4-3-5-10(6-9)16-12(18)8-13-17-15(20)11(22-13)7-14(19)21-2/h3-8H,1-2H3,(H,16,18)(H,17,20). The summed E-state index contributed by atoms with van der Waals surface area (Å²) in [4.78, 5) is 37.2. The second kappa shape index (κ2) is 6.86. The number of thiazole rings is 1. The third-order valence-electron chi connectivity index (χ3n) is 2.68. The number of nitrogens with one attached hydrogen (secondary N) is 2. The summed E-state index contributed by atoms with van der Waals surface area (Å²) in [6.07, 6.45) is 2.35. The van der Waals surface area contributed by atoms with Crippen LogP contribution >= 0.6 is 11.3 Å². The smallest absolute Gasteiger partial charge is 0.332 e. The van der Waals surface area contributed by atoms with Gasteiger partial charge in [-0.25, -0.2) is 4.79 Å². The Balaban J connectivity index is 2.25. The summed E-state index contributed by atoms with van der Waals surface area (Å²) >= 11 is 1.00. The van der Waals surface area contributed by atoms with E-state index in [1.54, 1.807) is 6.07 Å². The van der Waals surface area contributed by atoms with E-state index in [9.17, 15) is 14.4 Å². The quantitative estimate of drug-likeness (QED) is 0.787. The molecule has 0 aliphatic rings. The summed E-state index contributed by atoms with van der Waals surface area (Å²) in [5.41, 5.74) is 1.25. The maximum atomic E-state index is 11.9. The predicted octanol–water partition coefficient (Wildman–Crippen LogP) is 0.118. The van der Waals surface area contributed by atoms with Crippen LogP contribution in [0.3, 0.4) is 0 Å². The van der Waals surface area contributed by atoms with Gasteiger partial charge in [0.1, 0.15) is 9.20 Å². The molecule has 1 aromatic carbocycles. The highest BCUT2D eigenvalue weighted by atomic mass is 32.1. The van der Waals surface area contributed by atoms with Crippen molar-refractivity contribution in [2.24, 2.45) is 0 Å². The highest BCUT2D eigenvalue weighted by Crippen LogP contribution is 2.09. The Labute approximate surface area is 129 Å². The number of anilines is 1. The maximum absolute atomic E-state index is 11.9. The molecule has 7 heteroatoms. The second-order valence-electron chi connectivity index (χ2n) is 4.46. The minimum atomic E-state index is -0.622. The van der Waals surface area contributed by atoms with Crippen LogP contribution < -0.4 is 20.1 Å². The van der Waals surface area contributed by atoms with Crippen molar-refractivity contribution in [3.8, 4) is 0 Å². The van der Waals surface area contributed by atoms with Gasteiger partial charge in [-0.05, 0) is 24.6 Å². The topological polar surface area (TPSA) is 88.3 Å². The first-order valence-electron chi connectivity index (χ1n) is 6.36. The molecule has 6 nitrogen and oxygen atoms in total. The number of esters is 1. The Kier molecular flexibility index (Phi) is 4.90. The van der Waals surface area contributed by atoms with Crippen molar-refractivity contribution >= 4 is 41.1 Å². The highest BCUT2D eigenvalue weighted by Gasteiger charge is 2.02. The van der Waals surface area contributed by atoms with Gasteiger partial charge in [0.05, 0.1) is 7.11 Å². The average Bonchev–Trinajstić information content (AvgIpc) is 2.78. The fourth-order valence-electron chi connectivity index (χ4n) is 1.71. The van der Waals surface area contributed by atoms with Crippen LogP contribution in [0.25, 0.3) is 12.2 Å². The number of aromatic amines is 1. The number of carbonyl (C=O) groups excluding carboxylic acids is 2. The molecule has 0 aliphatic heterocycles. The molecule has 2 rings (SSSR count). The largest absolute Gasteiger partial charge is 0.466 e. The molecular weight excluding hydrogens is 304 g/mol. The minimum absolute atomic E-state index is 0.182. The van der Waals surface area contributed by atoms with Gasteiger partial charge in [-0.3, -0.25) is 9.59 Å². The van der Waals surface area contributed by atoms with Gasteiger partial charge in [0.25, 0.3) is 11.5 Å². The summed E-state index contributed by atoms with van der Waals surface area (Å²) in [7, 11) is 1.23. The lowest BCUT2D eigenvalue weighted by atomic mass is 10.2. The zero-order chi connectivity index (χ0) is 16.1. The number of methoxy groups -OCH3 is 1. The van der Waals surface area contributed by atoms with E-state index in [0.29, 0.717) is 10.4 Å². The number of rotatable bonds is 3. The molecule has 0 radical (unpaired) electrons. The number of hydrogen-bond donors (Lipinski definition) is 2. The van der Waals surface area contributed by atoms with Crippen LogP contribution in [0, 0.1) is 6.92 Å². The van der Waals surface area contributed by atoms with Gasteiger partial charge in [0.15, 0.2) is 0 Å². The van der Waals surface area contributed by atoms with Gasteiger partial charge in [-0.1, -0.05) is 12.1 Å². The Bertz CT molecular complexity index is 879. The zero-order valence-corrected chi connectivity index (χ0v) is 12.8. The Hall–Kier alpha value is -2.67. The second-order valence-corrected chi connectivity index (χ2v) is 5.54. The zero-order valence-electron chi connectivity index (χ0n) is 12.0. The van der Waals surface area contributed by atoms with Crippen LogP contribution in [-0.4, -0.2) is 24.0 Å². The third kappa shape index (κ3) is 4.16. The molecule has 0 unspecified atom stereocenters. The van der Waals surface area contributed by atoms with E-state index < -0.39 is 11.5 Å². The van der Waals surface area contributed by atoms with Crippen molar-refractivity contribution in [2.75, 3.05) is 12.4 Å². The van der Waals surface area contributed by atoms with Gasteiger partial charge in [-0.2, -0.15) is 0 Å². The normalized spacial score (nSPS) is 12.3. The van der Waals surface area contributed by atoms with Crippen molar-refractivity contribution in [2.45, 2.75) is 6.92 Å². The van der Waals surface area contributed by atoms with Gasteiger partial charge in [-0.15, -0.1) is 11.3 Å². The van der Waals surface area contributed by atoms with E-state index in [2.05, 4.69) is 15.0 Å². The van der Waals surface area contributed by atoms with Crippen LogP contribution in [0.4, 0.5) is 5.69 Å². The molecule has 0 spiro atoms. The molecular formula is C15H14N2O4S. The third-order valence-corrected chi connectivity index (χ3v) is 3.64. The number of benzene rings is 1. The van der Waals surface area contributed by atoms with E-state index >= 15 is 0 Å².